The third kappa shape index (κ3) is 5.45. The molecule has 1 aliphatic carbocycles. The lowest BCUT2D eigenvalue weighted by Gasteiger charge is -2.31. The van der Waals surface area contributed by atoms with E-state index in [-0.39, 0.29) is 6.10 Å². The number of rotatable bonds is 8. The van der Waals surface area contributed by atoms with Crippen molar-refractivity contribution in [3.05, 3.63) is 36.8 Å². The van der Waals surface area contributed by atoms with Crippen LogP contribution in [0, 0.1) is 0 Å². The van der Waals surface area contributed by atoms with Crippen LogP contribution in [0.4, 0.5) is 11.8 Å². The number of morpholine rings is 1. The topological polar surface area (TPSA) is 121 Å². The van der Waals surface area contributed by atoms with E-state index in [1.54, 1.807) is 12.4 Å². The Hall–Kier alpha value is -3.24. The van der Waals surface area contributed by atoms with Gasteiger partial charge in [0.15, 0.2) is 5.75 Å². The largest absolute Gasteiger partial charge is 0.489 e. The zero-order chi connectivity index (χ0) is 23.2. The van der Waals surface area contributed by atoms with Crippen molar-refractivity contribution in [1.82, 2.24) is 19.9 Å². The van der Waals surface area contributed by atoms with Crippen LogP contribution in [0.25, 0.3) is 10.9 Å². The Bertz CT molecular complexity index is 1070. The first-order valence-electron chi connectivity index (χ1n) is 11.9. The maximum Gasteiger partial charge on any atom is 0.225 e. The molecule has 1 saturated heterocycles. The highest BCUT2D eigenvalue weighted by Crippen LogP contribution is 2.31. The highest BCUT2D eigenvalue weighted by Gasteiger charge is 2.25. The number of anilines is 2. The smallest absolute Gasteiger partial charge is 0.225 e. The molecule has 3 aromatic heterocycles. The summed E-state index contributed by atoms with van der Waals surface area (Å²) in [7, 11) is 0. The van der Waals surface area contributed by atoms with E-state index in [0.29, 0.717) is 50.0 Å². The zero-order valence-corrected chi connectivity index (χ0v) is 19.2. The Kier molecular flexibility index (Phi) is 7.16. The molecule has 2 fully saturated rings. The van der Waals surface area contributed by atoms with Crippen LogP contribution in [0.1, 0.15) is 25.7 Å². The molecule has 3 N–H and O–H groups in total. The molecule has 34 heavy (non-hydrogen) atoms. The van der Waals surface area contributed by atoms with Crippen molar-refractivity contribution in [2.45, 2.75) is 37.8 Å². The van der Waals surface area contributed by atoms with Crippen LogP contribution in [-0.4, -0.2) is 71.5 Å². The minimum Gasteiger partial charge on any atom is -0.489 e. The number of nitrogens with zero attached hydrogens (tertiary/aromatic N) is 5. The van der Waals surface area contributed by atoms with Gasteiger partial charge in [-0.1, -0.05) is 0 Å². The molecule has 0 spiro atoms. The van der Waals surface area contributed by atoms with E-state index >= 15 is 0 Å². The Morgan fingerprint density at radius 2 is 1.88 bits per heavy atom. The highest BCUT2D eigenvalue weighted by atomic mass is 16.5. The van der Waals surface area contributed by atoms with Gasteiger partial charge in [-0.15, -0.1) is 0 Å². The summed E-state index contributed by atoms with van der Waals surface area (Å²) in [6, 6.07) is 6.31. The van der Waals surface area contributed by atoms with Gasteiger partial charge in [-0.3, -0.25) is 4.98 Å². The number of nitrogens with one attached hydrogen (secondary N) is 1. The first-order valence-corrected chi connectivity index (χ1v) is 11.9. The normalized spacial score (nSPS) is 20.8. The summed E-state index contributed by atoms with van der Waals surface area (Å²) in [5, 5.41) is 4.38. The van der Waals surface area contributed by atoms with E-state index in [1.165, 1.54) is 0 Å². The second kappa shape index (κ2) is 10.8. The molecule has 0 aromatic carbocycles. The molecule has 3 aromatic rings. The lowest BCUT2D eigenvalue weighted by molar-refractivity contribution is 0.122. The lowest BCUT2D eigenvalue weighted by Crippen LogP contribution is -2.37. The summed E-state index contributed by atoms with van der Waals surface area (Å²) in [4.78, 5) is 20.4. The molecule has 1 saturated carbocycles. The third-order valence-corrected chi connectivity index (χ3v) is 6.19. The highest BCUT2D eigenvalue weighted by molar-refractivity contribution is 5.85. The first-order chi connectivity index (χ1) is 16.8. The van der Waals surface area contributed by atoms with Crippen molar-refractivity contribution in [2.24, 2.45) is 5.73 Å². The number of pyridine rings is 2. The van der Waals surface area contributed by atoms with Crippen molar-refractivity contribution in [2.75, 3.05) is 49.7 Å². The van der Waals surface area contributed by atoms with E-state index in [9.17, 15) is 0 Å². The number of aromatic nitrogens is 4. The van der Waals surface area contributed by atoms with Gasteiger partial charge in [-0.05, 0) is 37.8 Å². The predicted molar refractivity (Wildman–Crippen MR) is 129 cm³/mol. The molecule has 0 atom stereocenters. The Balaban J connectivity index is 1.21. The fourth-order valence-electron chi connectivity index (χ4n) is 4.38. The van der Waals surface area contributed by atoms with Crippen molar-refractivity contribution >= 4 is 22.7 Å². The molecule has 0 radical (unpaired) electrons. The van der Waals surface area contributed by atoms with Gasteiger partial charge < -0.3 is 30.2 Å². The average Bonchev–Trinajstić information content (AvgIpc) is 2.90. The van der Waals surface area contributed by atoms with Crippen LogP contribution in [-0.2, 0) is 4.74 Å². The lowest BCUT2D eigenvalue weighted by atomic mass is 9.93. The predicted octanol–water partition coefficient (Wildman–Crippen LogP) is 2.40. The summed E-state index contributed by atoms with van der Waals surface area (Å²) in [5.74, 6) is 2.80. The summed E-state index contributed by atoms with van der Waals surface area (Å²) in [5.41, 5.74) is 6.36. The average molecular weight is 466 g/mol. The van der Waals surface area contributed by atoms with Gasteiger partial charge in [0.25, 0.3) is 0 Å². The maximum absolute atomic E-state index is 6.46. The monoisotopic (exact) mass is 465 g/mol. The van der Waals surface area contributed by atoms with E-state index in [4.69, 9.17) is 24.9 Å². The van der Waals surface area contributed by atoms with Crippen LogP contribution in [0.5, 0.6) is 11.6 Å². The quantitative estimate of drug-likeness (QED) is 0.513. The fourth-order valence-corrected chi connectivity index (χ4v) is 4.38. The third-order valence-electron chi connectivity index (χ3n) is 6.19. The Morgan fingerprint density at radius 1 is 1.09 bits per heavy atom. The molecule has 10 heteroatoms. The van der Waals surface area contributed by atoms with Crippen molar-refractivity contribution in [3.8, 4) is 11.6 Å². The number of hydrogen-bond acceptors (Lipinski definition) is 10. The van der Waals surface area contributed by atoms with Crippen molar-refractivity contribution < 1.29 is 14.2 Å². The summed E-state index contributed by atoms with van der Waals surface area (Å²) in [6.07, 6.45) is 9.07. The molecule has 0 bridgehead atoms. The van der Waals surface area contributed by atoms with Gasteiger partial charge in [0.05, 0.1) is 36.5 Å². The number of hydrogen-bond donors (Lipinski definition) is 2. The summed E-state index contributed by atoms with van der Waals surface area (Å²) < 4.78 is 17.4. The van der Waals surface area contributed by atoms with Crippen LogP contribution < -0.4 is 25.4 Å². The van der Waals surface area contributed by atoms with E-state index in [1.807, 2.05) is 24.4 Å². The summed E-state index contributed by atoms with van der Waals surface area (Å²) >= 11 is 0. The fraction of sp³-hybridized carbons (Fsp3) is 0.500. The number of fused-ring (bicyclic) bond motifs is 1. The SMILES string of the molecule is NCCOc1cnc(N[C@H]2CC[C@@H](Oc3nc(N4CCOCC4)cc4ncccc34)CC2)nc1. The zero-order valence-electron chi connectivity index (χ0n) is 19.2. The molecule has 2 aliphatic rings. The van der Waals surface area contributed by atoms with Gasteiger partial charge in [0, 0.05) is 37.9 Å². The van der Waals surface area contributed by atoms with E-state index < -0.39 is 0 Å². The van der Waals surface area contributed by atoms with Gasteiger partial charge in [-0.2, -0.15) is 4.98 Å². The molecule has 1 aliphatic heterocycles. The van der Waals surface area contributed by atoms with Gasteiger partial charge >= 0.3 is 0 Å². The minimum atomic E-state index is 0.113. The number of nitrogens with two attached hydrogens (primary N) is 1. The molecule has 10 nitrogen and oxygen atoms in total. The molecular formula is C24H31N7O3. The summed E-state index contributed by atoms with van der Waals surface area (Å²) in [6.45, 7) is 3.98. The number of ether oxygens (including phenoxy) is 3. The minimum absolute atomic E-state index is 0.113. The van der Waals surface area contributed by atoms with Gasteiger partial charge in [0.1, 0.15) is 18.5 Å². The molecule has 0 unspecified atom stereocenters. The van der Waals surface area contributed by atoms with Gasteiger partial charge in [0.2, 0.25) is 11.8 Å². The van der Waals surface area contributed by atoms with E-state index in [0.717, 1.165) is 55.5 Å². The van der Waals surface area contributed by atoms with Crippen molar-refractivity contribution in [3.63, 3.8) is 0 Å². The maximum atomic E-state index is 6.46. The Morgan fingerprint density at radius 3 is 2.65 bits per heavy atom. The van der Waals surface area contributed by atoms with Crippen LogP contribution in [0.3, 0.4) is 0 Å². The first kappa shape index (κ1) is 22.5. The van der Waals surface area contributed by atoms with Crippen LogP contribution in [0.2, 0.25) is 0 Å². The second-order valence-electron chi connectivity index (χ2n) is 8.57. The van der Waals surface area contributed by atoms with Crippen molar-refractivity contribution in [1.29, 1.82) is 0 Å². The van der Waals surface area contributed by atoms with E-state index in [2.05, 4.69) is 25.2 Å². The van der Waals surface area contributed by atoms with Crippen LogP contribution in [0.15, 0.2) is 36.8 Å². The molecule has 0 amide bonds. The standard InChI is InChI=1S/C24H31N7O3/c25-7-11-33-19-15-27-24(28-16-19)29-17-3-5-18(6-4-17)34-23-20-2-1-8-26-21(20)14-22(30-23)31-9-12-32-13-10-31/h1-2,8,14-18H,3-7,9-13,25H2,(H,27,28,29)/t17-,18+. The second-order valence-corrected chi connectivity index (χ2v) is 8.57. The van der Waals surface area contributed by atoms with Gasteiger partial charge in [-0.25, -0.2) is 9.97 Å². The Labute approximate surface area is 198 Å². The van der Waals surface area contributed by atoms with Crippen LogP contribution >= 0.6 is 0 Å². The molecule has 4 heterocycles. The molecule has 180 valence electrons. The molecule has 5 rings (SSSR count). The molecular weight excluding hydrogens is 434 g/mol.